The van der Waals surface area contributed by atoms with Crippen molar-refractivity contribution in [3.05, 3.63) is 78.9 Å². The Labute approximate surface area is 178 Å². The molecule has 2 aromatic carbocycles. The third-order valence-corrected chi connectivity index (χ3v) is 7.03. The first-order valence-corrected chi connectivity index (χ1v) is 11.0. The van der Waals surface area contributed by atoms with E-state index in [4.69, 9.17) is 4.74 Å². The van der Waals surface area contributed by atoms with E-state index in [-0.39, 0.29) is 11.5 Å². The molecule has 0 N–H and O–H groups in total. The van der Waals surface area contributed by atoms with Crippen LogP contribution in [0.15, 0.2) is 61.7 Å². The molecule has 0 saturated heterocycles. The van der Waals surface area contributed by atoms with Crippen LogP contribution >= 0.6 is 0 Å². The van der Waals surface area contributed by atoms with E-state index in [1.54, 1.807) is 42.5 Å². The molecule has 0 aromatic heterocycles. The summed E-state index contributed by atoms with van der Waals surface area (Å²) in [5.74, 6) is 2.00. The van der Waals surface area contributed by atoms with Crippen molar-refractivity contribution < 1.29 is 13.5 Å². The van der Waals surface area contributed by atoms with Crippen LogP contribution in [-0.2, 0) is 0 Å². The molecule has 2 saturated carbocycles. The number of hydrogen-bond acceptors (Lipinski definition) is 1. The standard InChI is InChI=1S/C27H30F2O/c1-3-13-30-24-11-9-19(10-12-24)27-25(28)16-23(17-26(27)29)22-8-7-20-14-18(4-2)5-6-21(20)15-22/h3-4,9-12,16-18,20-22H,1-2,5-8,13-15H2. The summed E-state index contributed by atoms with van der Waals surface area (Å²) < 4.78 is 35.4. The highest BCUT2D eigenvalue weighted by Gasteiger charge is 2.35. The molecular formula is C27H30F2O. The highest BCUT2D eigenvalue weighted by molar-refractivity contribution is 5.66. The van der Waals surface area contributed by atoms with Gasteiger partial charge in [-0.2, -0.15) is 0 Å². The van der Waals surface area contributed by atoms with Crippen LogP contribution in [0.3, 0.4) is 0 Å². The van der Waals surface area contributed by atoms with Crippen LogP contribution in [0.2, 0.25) is 0 Å². The Bertz CT molecular complexity index is 879. The molecule has 4 atom stereocenters. The van der Waals surface area contributed by atoms with Crippen molar-refractivity contribution in [3.63, 3.8) is 0 Å². The van der Waals surface area contributed by atoms with Crippen molar-refractivity contribution in [1.82, 2.24) is 0 Å². The van der Waals surface area contributed by atoms with Crippen molar-refractivity contribution in [2.24, 2.45) is 17.8 Å². The number of allylic oxidation sites excluding steroid dienone is 1. The molecule has 0 spiro atoms. The molecule has 1 nitrogen and oxygen atoms in total. The van der Waals surface area contributed by atoms with Gasteiger partial charge in [-0.25, -0.2) is 8.78 Å². The van der Waals surface area contributed by atoms with Gasteiger partial charge in [0.15, 0.2) is 0 Å². The summed E-state index contributed by atoms with van der Waals surface area (Å²) >= 11 is 0. The Balaban J connectivity index is 1.50. The molecule has 158 valence electrons. The summed E-state index contributed by atoms with van der Waals surface area (Å²) in [4.78, 5) is 0. The lowest BCUT2D eigenvalue weighted by Crippen LogP contribution is -2.30. The van der Waals surface area contributed by atoms with Crippen LogP contribution in [0, 0.1) is 29.4 Å². The topological polar surface area (TPSA) is 9.23 Å². The highest BCUT2D eigenvalue weighted by atomic mass is 19.1. The molecule has 0 bridgehead atoms. The van der Waals surface area contributed by atoms with Crippen molar-refractivity contribution in [1.29, 1.82) is 0 Å². The number of rotatable bonds is 6. The van der Waals surface area contributed by atoms with Gasteiger partial charge in [0.05, 0.1) is 5.56 Å². The largest absolute Gasteiger partial charge is 0.490 e. The zero-order valence-corrected chi connectivity index (χ0v) is 17.5. The van der Waals surface area contributed by atoms with Gasteiger partial charge >= 0.3 is 0 Å². The Morgan fingerprint density at radius 3 is 2.23 bits per heavy atom. The average molecular weight is 409 g/mol. The normalized spacial score (nSPS) is 25.9. The van der Waals surface area contributed by atoms with Gasteiger partial charge in [0.25, 0.3) is 0 Å². The van der Waals surface area contributed by atoms with Gasteiger partial charge in [0, 0.05) is 0 Å². The second kappa shape index (κ2) is 9.16. The van der Waals surface area contributed by atoms with Gasteiger partial charge in [0.2, 0.25) is 0 Å². The number of hydrogen-bond donors (Lipinski definition) is 0. The van der Waals surface area contributed by atoms with Gasteiger partial charge in [-0.3, -0.25) is 0 Å². The molecule has 2 aliphatic carbocycles. The summed E-state index contributed by atoms with van der Waals surface area (Å²) in [6.45, 7) is 7.97. The first-order valence-electron chi connectivity index (χ1n) is 11.0. The maximum atomic E-state index is 15.0. The molecule has 30 heavy (non-hydrogen) atoms. The van der Waals surface area contributed by atoms with Crippen LogP contribution in [0.4, 0.5) is 8.78 Å². The van der Waals surface area contributed by atoms with E-state index in [1.807, 2.05) is 0 Å². The fourth-order valence-corrected chi connectivity index (χ4v) is 5.42. The molecule has 3 heteroatoms. The smallest absolute Gasteiger partial charge is 0.134 e. The number of fused-ring (bicyclic) bond motifs is 1. The average Bonchev–Trinajstić information content (AvgIpc) is 2.77. The number of benzene rings is 2. The van der Waals surface area contributed by atoms with Crippen LogP contribution in [0.1, 0.15) is 50.0 Å². The monoisotopic (exact) mass is 408 g/mol. The van der Waals surface area contributed by atoms with Gasteiger partial charge in [-0.15, -0.1) is 6.58 Å². The minimum Gasteiger partial charge on any atom is -0.490 e. The van der Waals surface area contributed by atoms with Crippen LogP contribution in [0.25, 0.3) is 11.1 Å². The predicted molar refractivity (Wildman–Crippen MR) is 119 cm³/mol. The van der Waals surface area contributed by atoms with Crippen molar-refractivity contribution >= 4 is 0 Å². The number of halogens is 2. The Morgan fingerprint density at radius 2 is 1.57 bits per heavy atom. The van der Waals surface area contributed by atoms with Crippen LogP contribution < -0.4 is 4.74 Å². The van der Waals surface area contributed by atoms with Gasteiger partial charge < -0.3 is 4.74 Å². The molecule has 0 aliphatic heterocycles. The van der Waals surface area contributed by atoms with Crippen molar-refractivity contribution in [3.8, 4) is 16.9 Å². The fourth-order valence-electron chi connectivity index (χ4n) is 5.42. The Kier molecular flexibility index (Phi) is 6.36. The maximum Gasteiger partial charge on any atom is 0.134 e. The molecule has 2 fully saturated rings. The second-order valence-corrected chi connectivity index (χ2v) is 8.82. The van der Waals surface area contributed by atoms with E-state index in [9.17, 15) is 8.78 Å². The van der Waals surface area contributed by atoms with E-state index in [0.29, 0.717) is 29.8 Å². The van der Waals surface area contributed by atoms with Crippen molar-refractivity contribution in [2.75, 3.05) is 6.61 Å². The molecular weight excluding hydrogens is 378 g/mol. The van der Waals surface area contributed by atoms with E-state index in [1.165, 1.54) is 19.3 Å². The quantitative estimate of drug-likeness (QED) is 0.445. The molecule has 0 amide bonds. The summed E-state index contributed by atoms with van der Waals surface area (Å²) in [5.41, 5.74) is 1.37. The Morgan fingerprint density at radius 1 is 0.900 bits per heavy atom. The first-order chi connectivity index (χ1) is 14.6. The highest BCUT2D eigenvalue weighted by Crippen LogP contribution is 2.48. The third-order valence-electron chi connectivity index (χ3n) is 7.03. The van der Waals surface area contributed by atoms with E-state index < -0.39 is 11.6 Å². The van der Waals surface area contributed by atoms with E-state index >= 15 is 0 Å². The fraction of sp³-hybridized carbons (Fsp3) is 0.407. The molecule has 0 heterocycles. The summed E-state index contributed by atoms with van der Waals surface area (Å²) in [6.07, 6.45) is 10.6. The van der Waals surface area contributed by atoms with Crippen LogP contribution in [-0.4, -0.2) is 6.61 Å². The predicted octanol–water partition coefficient (Wildman–Crippen LogP) is 7.68. The molecule has 2 aliphatic rings. The molecule has 4 unspecified atom stereocenters. The van der Waals surface area contributed by atoms with Crippen molar-refractivity contribution in [2.45, 2.75) is 44.4 Å². The lowest BCUT2D eigenvalue weighted by atomic mass is 9.64. The van der Waals surface area contributed by atoms with Gasteiger partial charge in [0.1, 0.15) is 24.0 Å². The molecule has 4 rings (SSSR count). The van der Waals surface area contributed by atoms with E-state index in [2.05, 4.69) is 19.2 Å². The summed E-state index contributed by atoms with van der Waals surface area (Å²) in [5, 5.41) is 0. The molecule has 0 radical (unpaired) electrons. The summed E-state index contributed by atoms with van der Waals surface area (Å²) in [7, 11) is 0. The van der Waals surface area contributed by atoms with E-state index in [0.717, 1.165) is 30.7 Å². The minimum absolute atomic E-state index is 0.0363. The second-order valence-electron chi connectivity index (χ2n) is 8.82. The number of ether oxygens (including phenoxy) is 1. The zero-order valence-electron chi connectivity index (χ0n) is 17.5. The maximum absolute atomic E-state index is 15.0. The SMILES string of the molecule is C=CCOc1ccc(-c2c(F)cc(C3CCC4CC(C=C)CCC4C3)cc2F)cc1. The zero-order chi connectivity index (χ0) is 21.1. The van der Waals surface area contributed by atoms with Gasteiger partial charge in [-0.05, 0) is 97.6 Å². The minimum atomic E-state index is -0.484. The first kappa shape index (κ1) is 20.8. The Hall–Kier alpha value is -2.42. The van der Waals surface area contributed by atoms with Crippen LogP contribution in [0.5, 0.6) is 5.75 Å². The lowest BCUT2D eigenvalue weighted by Gasteiger charge is -2.41. The lowest BCUT2D eigenvalue weighted by molar-refractivity contribution is 0.133. The molecule has 2 aromatic rings. The third kappa shape index (κ3) is 4.35. The van der Waals surface area contributed by atoms with Gasteiger partial charge in [-0.1, -0.05) is 30.9 Å². The summed E-state index contributed by atoms with van der Waals surface area (Å²) in [6, 6.07) is 9.96.